The molecule has 10 heteroatoms. The molecule has 0 aliphatic carbocycles. The minimum absolute atomic E-state index is 0.134. The zero-order valence-electron chi connectivity index (χ0n) is 17.9. The SMILES string of the molecule is CCc1ccc(Cl)c(CC)c1NC(=O)CN1C(=O)NC(C)(c2ccc([N+](=O)[O-])cc2)C1=O. The average Bonchev–Trinajstić information content (AvgIpc) is 2.98. The number of carbonyl (C=O) groups is 3. The van der Waals surface area contributed by atoms with Crippen LogP contribution in [0.15, 0.2) is 36.4 Å². The number of rotatable bonds is 7. The molecular weight excluding hydrogens is 436 g/mol. The van der Waals surface area contributed by atoms with Gasteiger partial charge in [0, 0.05) is 22.8 Å². The molecule has 0 spiro atoms. The number of aryl methyl sites for hydroxylation is 1. The Morgan fingerprint density at radius 2 is 1.81 bits per heavy atom. The summed E-state index contributed by atoms with van der Waals surface area (Å²) in [5.74, 6) is -1.16. The number of carbonyl (C=O) groups excluding carboxylic acids is 3. The van der Waals surface area contributed by atoms with E-state index in [0.717, 1.165) is 16.0 Å². The summed E-state index contributed by atoms with van der Waals surface area (Å²) >= 11 is 6.27. The maximum Gasteiger partial charge on any atom is 0.325 e. The molecule has 1 fully saturated rings. The van der Waals surface area contributed by atoms with E-state index in [4.69, 9.17) is 11.6 Å². The Hall–Kier alpha value is -3.46. The zero-order chi connectivity index (χ0) is 23.6. The normalized spacial score (nSPS) is 17.9. The minimum atomic E-state index is -1.44. The van der Waals surface area contributed by atoms with Crippen LogP contribution in [0.2, 0.25) is 5.02 Å². The maximum atomic E-state index is 13.1. The Morgan fingerprint density at radius 1 is 1.16 bits per heavy atom. The summed E-state index contributed by atoms with van der Waals surface area (Å²) in [6, 6.07) is 8.22. The number of hydrogen-bond donors (Lipinski definition) is 2. The van der Waals surface area contributed by atoms with Gasteiger partial charge in [-0.05, 0) is 54.7 Å². The van der Waals surface area contributed by atoms with Crippen molar-refractivity contribution in [3.63, 3.8) is 0 Å². The van der Waals surface area contributed by atoms with Crippen molar-refractivity contribution in [2.24, 2.45) is 0 Å². The predicted octanol–water partition coefficient (Wildman–Crippen LogP) is 3.78. The third-order valence-corrected chi connectivity index (χ3v) is 5.93. The maximum absolute atomic E-state index is 13.1. The summed E-state index contributed by atoms with van der Waals surface area (Å²) in [5, 5.41) is 16.8. The molecule has 1 heterocycles. The molecule has 3 rings (SSSR count). The molecule has 1 saturated heterocycles. The molecule has 1 atom stereocenters. The van der Waals surface area contributed by atoms with Gasteiger partial charge in [0.1, 0.15) is 12.1 Å². The molecule has 4 amide bonds. The lowest BCUT2D eigenvalue weighted by Gasteiger charge is -2.22. The molecule has 32 heavy (non-hydrogen) atoms. The molecule has 168 valence electrons. The van der Waals surface area contributed by atoms with Crippen molar-refractivity contribution in [3.8, 4) is 0 Å². The molecule has 2 aromatic rings. The fourth-order valence-electron chi connectivity index (χ4n) is 3.74. The summed E-state index contributed by atoms with van der Waals surface area (Å²) < 4.78 is 0. The van der Waals surface area contributed by atoms with Crippen LogP contribution in [0.1, 0.15) is 37.5 Å². The second-order valence-corrected chi connectivity index (χ2v) is 7.97. The molecule has 0 saturated carbocycles. The van der Waals surface area contributed by atoms with E-state index < -0.39 is 34.9 Å². The van der Waals surface area contributed by atoms with Gasteiger partial charge in [0.15, 0.2) is 0 Å². The van der Waals surface area contributed by atoms with Crippen LogP contribution in [0.25, 0.3) is 0 Å². The standard InChI is InChI=1S/C22H23ClN4O5/c1-4-13-6-11-17(23)16(5-2)19(13)24-18(28)12-26-20(29)22(3,25-21(26)30)14-7-9-15(10-8-14)27(31)32/h6-11H,4-5,12H2,1-3H3,(H,24,28)(H,25,30). The van der Waals surface area contributed by atoms with Gasteiger partial charge in [-0.1, -0.05) is 31.5 Å². The van der Waals surface area contributed by atoms with Crippen molar-refractivity contribution in [2.45, 2.75) is 39.2 Å². The van der Waals surface area contributed by atoms with Crippen LogP contribution in [-0.4, -0.2) is 34.2 Å². The van der Waals surface area contributed by atoms with Crippen molar-refractivity contribution < 1.29 is 19.3 Å². The van der Waals surface area contributed by atoms with Crippen LogP contribution in [0, 0.1) is 10.1 Å². The van der Waals surface area contributed by atoms with Gasteiger partial charge < -0.3 is 10.6 Å². The summed E-state index contributed by atoms with van der Waals surface area (Å²) in [7, 11) is 0. The largest absolute Gasteiger partial charge is 0.325 e. The fourth-order valence-corrected chi connectivity index (χ4v) is 4.03. The first kappa shape index (κ1) is 23.2. The monoisotopic (exact) mass is 458 g/mol. The van der Waals surface area contributed by atoms with E-state index in [1.165, 1.54) is 31.2 Å². The Kier molecular flexibility index (Phi) is 6.50. The fraction of sp³-hybridized carbons (Fsp3) is 0.318. The highest BCUT2D eigenvalue weighted by Crippen LogP contribution is 2.31. The number of nitrogens with one attached hydrogen (secondary N) is 2. The molecule has 1 aliphatic heterocycles. The van der Waals surface area contributed by atoms with Crippen molar-refractivity contribution in [1.82, 2.24) is 10.2 Å². The first-order valence-corrected chi connectivity index (χ1v) is 10.5. The van der Waals surface area contributed by atoms with E-state index in [1.807, 2.05) is 19.9 Å². The van der Waals surface area contributed by atoms with Crippen LogP contribution in [0.4, 0.5) is 16.2 Å². The predicted molar refractivity (Wildman–Crippen MR) is 120 cm³/mol. The Morgan fingerprint density at radius 3 is 2.38 bits per heavy atom. The van der Waals surface area contributed by atoms with Crippen LogP contribution >= 0.6 is 11.6 Å². The number of non-ortho nitro benzene ring substituents is 1. The van der Waals surface area contributed by atoms with E-state index in [9.17, 15) is 24.5 Å². The average molecular weight is 459 g/mol. The molecule has 1 aliphatic rings. The van der Waals surface area contributed by atoms with E-state index in [-0.39, 0.29) is 5.69 Å². The summed E-state index contributed by atoms with van der Waals surface area (Å²) in [4.78, 5) is 49.5. The summed E-state index contributed by atoms with van der Waals surface area (Å²) in [5.41, 5.74) is 1.08. The first-order chi connectivity index (χ1) is 15.1. The third-order valence-electron chi connectivity index (χ3n) is 5.57. The number of nitrogens with zero attached hydrogens (tertiary/aromatic N) is 2. The van der Waals surface area contributed by atoms with Crippen molar-refractivity contribution in [1.29, 1.82) is 0 Å². The van der Waals surface area contributed by atoms with Crippen LogP contribution < -0.4 is 10.6 Å². The Labute approximate surface area is 189 Å². The van der Waals surface area contributed by atoms with Gasteiger partial charge in [-0.3, -0.25) is 24.6 Å². The third kappa shape index (κ3) is 4.16. The number of anilines is 1. The minimum Gasteiger partial charge on any atom is -0.324 e. The highest BCUT2D eigenvalue weighted by Gasteiger charge is 2.49. The Balaban J connectivity index is 1.81. The van der Waals surface area contributed by atoms with Crippen molar-refractivity contribution >= 4 is 40.8 Å². The lowest BCUT2D eigenvalue weighted by Crippen LogP contribution is -2.42. The number of nitro benzene ring substituents is 1. The highest BCUT2D eigenvalue weighted by atomic mass is 35.5. The van der Waals surface area contributed by atoms with Crippen LogP contribution in [-0.2, 0) is 28.0 Å². The van der Waals surface area contributed by atoms with E-state index in [1.54, 1.807) is 6.07 Å². The zero-order valence-corrected chi connectivity index (χ0v) is 18.7. The molecule has 0 bridgehead atoms. The number of imide groups is 1. The molecular formula is C22H23ClN4O5. The van der Waals surface area contributed by atoms with Crippen molar-refractivity contribution in [2.75, 3.05) is 11.9 Å². The first-order valence-electron chi connectivity index (χ1n) is 10.1. The van der Waals surface area contributed by atoms with E-state index >= 15 is 0 Å². The smallest absolute Gasteiger partial charge is 0.324 e. The highest BCUT2D eigenvalue weighted by molar-refractivity contribution is 6.32. The number of halogens is 1. The van der Waals surface area contributed by atoms with Gasteiger partial charge in [-0.2, -0.15) is 0 Å². The van der Waals surface area contributed by atoms with Gasteiger partial charge in [0.25, 0.3) is 11.6 Å². The molecule has 1 unspecified atom stereocenters. The van der Waals surface area contributed by atoms with Crippen LogP contribution in [0.3, 0.4) is 0 Å². The lowest BCUT2D eigenvalue weighted by molar-refractivity contribution is -0.384. The van der Waals surface area contributed by atoms with Crippen molar-refractivity contribution in [3.05, 3.63) is 68.2 Å². The number of benzene rings is 2. The molecule has 2 N–H and O–H groups in total. The van der Waals surface area contributed by atoms with Gasteiger partial charge >= 0.3 is 6.03 Å². The van der Waals surface area contributed by atoms with Gasteiger partial charge in [0.05, 0.1) is 4.92 Å². The lowest BCUT2D eigenvalue weighted by atomic mass is 9.92. The number of amides is 4. The van der Waals surface area contributed by atoms with Crippen LogP contribution in [0.5, 0.6) is 0 Å². The molecule has 0 aromatic heterocycles. The van der Waals surface area contributed by atoms with Gasteiger partial charge in [-0.25, -0.2) is 4.79 Å². The summed E-state index contributed by atoms with van der Waals surface area (Å²) in [6.07, 6.45) is 1.27. The quantitative estimate of drug-likeness (QED) is 0.371. The second-order valence-electron chi connectivity index (χ2n) is 7.57. The van der Waals surface area contributed by atoms with Gasteiger partial charge in [-0.15, -0.1) is 0 Å². The molecule has 2 aromatic carbocycles. The molecule has 9 nitrogen and oxygen atoms in total. The van der Waals surface area contributed by atoms with E-state index in [0.29, 0.717) is 29.1 Å². The summed E-state index contributed by atoms with van der Waals surface area (Å²) in [6.45, 7) is 4.88. The van der Waals surface area contributed by atoms with Gasteiger partial charge in [0.2, 0.25) is 5.91 Å². The topological polar surface area (TPSA) is 122 Å². The molecule has 0 radical (unpaired) electrons. The number of urea groups is 1. The second kappa shape index (κ2) is 8.96. The number of hydrogen-bond acceptors (Lipinski definition) is 5. The number of nitro groups is 1. The van der Waals surface area contributed by atoms with E-state index in [2.05, 4.69) is 10.6 Å². The Bertz CT molecular complexity index is 1100.